The van der Waals surface area contributed by atoms with Crippen molar-refractivity contribution in [3.63, 3.8) is 0 Å². The van der Waals surface area contributed by atoms with E-state index >= 15 is 0 Å². The van der Waals surface area contributed by atoms with Gasteiger partial charge in [-0.1, -0.05) is 55.4 Å². The summed E-state index contributed by atoms with van der Waals surface area (Å²) in [5.41, 5.74) is 0. The lowest BCUT2D eigenvalue weighted by Crippen LogP contribution is -2.35. The molecule has 0 bridgehead atoms. The minimum absolute atomic E-state index is 0.584. The van der Waals surface area contributed by atoms with Crippen LogP contribution in [-0.4, -0.2) is 99.4 Å². The van der Waals surface area contributed by atoms with Gasteiger partial charge in [0.15, 0.2) is 0 Å². The first kappa shape index (κ1) is 33.8. The molecule has 0 unspecified atom stereocenters. The molecule has 0 saturated carbocycles. The van der Waals surface area contributed by atoms with Crippen LogP contribution in [0.4, 0.5) is 0 Å². The van der Waals surface area contributed by atoms with Crippen LogP contribution in [0, 0.1) is 0 Å². The highest BCUT2D eigenvalue weighted by atomic mass is 15.1. The summed E-state index contributed by atoms with van der Waals surface area (Å²) >= 11 is 0. The highest BCUT2D eigenvalue weighted by Gasteiger charge is 2.08. The first-order chi connectivity index (χ1) is 16.2. The molecule has 6 nitrogen and oxygen atoms in total. The van der Waals surface area contributed by atoms with E-state index in [0.717, 1.165) is 26.2 Å². The standard InChI is InChI=1S/C28H64N6/c1-25(2)29-15-11-21-33(22-12-16-30-26(3)4)19-9-10-20-34(23-13-17-31-27(5)6)24-14-18-32-28(7)8/h25-32H,9-24H2,1-8H3. The summed E-state index contributed by atoms with van der Waals surface area (Å²) in [7, 11) is 0. The van der Waals surface area contributed by atoms with Crippen molar-refractivity contribution in [1.82, 2.24) is 31.1 Å². The molecule has 0 heterocycles. The zero-order valence-electron chi connectivity index (χ0n) is 24.5. The van der Waals surface area contributed by atoms with Gasteiger partial charge in [0.2, 0.25) is 0 Å². The van der Waals surface area contributed by atoms with E-state index in [1.54, 1.807) is 0 Å². The van der Waals surface area contributed by atoms with Crippen LogP contribution in [0.15, 0.2) is 0 Å². The van der Waals surface area contributed by atoms with Crippen LogP contribution in [0.3, 0.4) is 0 Å². The molecule has 0 rings (SSSR count). The molecule has 0 fully saturated rings. The first-order valence-electron chi connectivity index (χ1n) is 14.6. The lowest BCUT2D eigenvalue weighted by atomic mass is 10.2. The molecule has 0 radical (unpaired) electrons. The van der Waals surface area contributed by atoms with E-state index in [1.807, 2.05) is 0 Å². The number of unbranched alkanes of at least 4 members (excludes halogenated alkanes) is 1. The summed E-state index contributed by atoms with van der Waals surface area (Å²) < 4.78 is 0. The second kappa shape index (κ2) is 23.2. The molecule has 0 saturated heterocycles. The Hall–Kier alpha value is -0.240. The van der Waals surface area contributed by atoms with Gasteiger partial charge in [-0.3, -0.25) is 0 Å². The van der Waals surface area contributed by atoms with Crippen LogP contribution in [0.2, 0.25) is 0 Å². The highest BCUT2D eigenvalue weighted by molar-refractivity contribution is 4.66. The Morgan fingerprint density at radius 2 is 0.559 bits per heavy atom. The van der Waals surface area contributed by atoms with Crippen molar-refractivity contribution in [2.24, 2.45) is 0 Å². The maximum absolute atomic E-state index is 3.57. The molecule has 0 aliphatic carbocycles. The second-order valence-electron chi connectivity index (χ2n) is 11.2. The highest BCUT2D eigenvalue weighted by Crippen LogP contribution is 2.03. The molecule has 6 heteroatoms. The number of hydrogen-bond acceptors (Lipinski definition) is 6. The van der Waals surface area contributed by atoms with Crippen molar-refractivity contribution in [3.05, 3.63) is 0 Å². The Balaban J connectivity index is 4.38. The largest absolute Gasteiger partial charge is 0.314 e. The molecule has 0 amide bonds. The van der Waals surface area contributed by atoms with E-state index in [4.69, 9.17) is 0 Å². The Morgan fingerprint density at radius 3 is 0.765 bits per heavy atom. The third kappa shape index (κ3) is 24.9. The first-order valence-corrected chi connectivity index (χ1v) is 14.6. The molecule has 0 aromatic heterocycles. The van der Waals surface area contributed by atoms with E-state index in [9.17, 15) is 0 Å². The maximum atomic E-state index is 3.57. The van der Waals surface area contributed by atoms with Gasteiger partial charge >= 0.3 is 0 Å². The monoisotopic (exact) mass is 485 g/mol. The summed E-state index contributed by atoms with van der Waals surface area (Å²) in [5.74, 6) is 0. The van der Waals surface area contributed by atoms with Crippen LogP contribution in [0.5, 0.6) is 0 Å². The summed E-state index contributed by atoms with van der Waals surface area (Å²) in [5, 5.41) is 14.3. The zero-order chi connectivity index (χ0) is 25.6. The van der Waals surface area contributed by atoms with E-state index in [1.165, 1.54) is 77.8 Å². The summed E-state index contributed by atoms with van der Waals surface area (Å²) in [4.78, 5) is 5.40. The molecule has 0 spiro atoms. The van der Waals surface area contributed by atoms with Gasteiger partial charge in [0, 0.05) is 24.2 Å². The molecule has 0 atom stereocenters. The zero-order valence-corrected chi connectivity index (χ0v) is 24.5. The van der Waals surface area contributed by atoms with Crippen molar-refractivity contribution in [2.45, 2.75) is 118 Å². The number of hydrogen-bond donors (Lipinski definition) is 4. The molecule has 0 aromatic rings. The van der Waals surface area contributed by atoms with Crippen LogP contribution in [0.25, 0.3) is 0 Å². The fourth-order valence-corrected chi connectivity index (χ4v) is 4.12. The van der Waals surface area contributed by atoms with Crippen LogP contribution >= 0.6 is 0 Å². The van der Waals surface area contributed by atoms with Gasteiger partial charge in [0.25, 0.3) is 0 Å². The Kier molecular flexibility index (Phi) is 23.0. The van der Waals surface area contributed by atoms with Crippen molar-refractivity contribution in [1.29, 1.82) is 0 Å². The van der Waals surface area contributed by atoms with E-state index in [0.29, 0.717) is 24.2 Å². The van der Waals surface area contributed by atoms with Crippen LogP contribution in [-0.2, 0) is 0 Å². The predicted octanol–water partition coefficient (Wildman–Crippen LogP) is 3.92. The Morgan fingerprint density at radius 1 is 0.353 bits per heavy atom. The molecule has 206 valence electrons. The maximum Gasteiger partial charge on any atom is 0.00103 e. The third-order valence-electron chi connectivity index (χ3n) is 6.01. The molecular weight excluding hydrogens is 420 g/mol. The Labute approximate surface area is 214 Å². The van der Waals surface area contributed by atoms with E-state index < -0.39 is 0 Å². The predicted molar refractivity (Wildman–Crippen MR) is 153 cm³/mol. The fourth-order valence-electron chi connectivity index (χ4n) is 4.12. The number of nitrogens with one attached hydrogen (secondary N) is 4. The topological polar surface area (TPSA) is 54.6 Å². The quantitative estimate of drug-likeness (QED) is 0.147. The van der Waals surface area contributed by atoms with Gasteiger partial charge in [-0.15, -0.1) is 0 Å². The molecule has 0 aliphatic heterocycles. The summed E-state index contributed by atoms with van der Waals surface area (Å²) in [6.45, 7) is 29.7. The number of nitrogens with zero attached hydrogens (tertiary/aromatic N) is 2. The SMILES string of the molecule is CC(C)NCCCN(CCCCN(CCCNC(C)C)CCCNC(C)C)CCCNC(C)C. The van der Waals surface area contributed by atoms with Gasteiger partial charge < -0.3 is 31.1 Å². The Bertz CT molecular complexity index is 344. The van der Waals surface area contributed by atoms with E-state index in [-0.39, 0.29) is 0 Å². The van der Waals surface area contributed by atoms with Gasteiger partial charge in [0.1, 0.15) is 0 Å². The van der Waals surface area contributed by atoms with Gasteiger partial charge in [0.05, 0.1) is 0 Å². The smallest absolute Gasteiger partial charge is 0.00103 e. The van der Waals surface area contributed by atoms with Gasteiger partial charge in [-0.25, -0.2) is 0 Å². The lowest BCUT2D eigenvalue weighted by Gasteiger charge is -2.25. The van der Waals surface area contributed by atoms with Gasteiger partial charge in [-0.05, 0) is 104 Å². The third-order valence-corrected chi connectivity index (χ3v) is 6.01. The molecular formula is C28H64N6. The van der Waals surface area contributed by atoms with Crippen molar-refractivity contribution >= 4 is 0 Å². The minimum Gasteiger partial charge on any atom is -0.314 e. The van der Waals surface area contributed by atoms with Crippen molar-refractivity contribution in [3.8, 4) is 0 Å². The van der Waals surface area contributed by atoms with Gasteiger partial charge in [-0.2, -0.15) is 0 Å². The summed E-state index contributed by atoms with van der Waals surface area (Å²) in [6, 6.07) is 2.34. The average Bonchev–Trinajstić information content (AvgIpc) is 2.75. The van der Waals surface area contributed by atoms with Crippen LogP contribution < -0.4 is 21.3 Å². The number of rotatable bonds is 25. The molecule has 34 heavy (non-hydrogen) atoms. The molecule has 4 N–H and O–H groups in total. The fraction of sp³-hybridized carbons (Fsp3) is 1.00. The minimum atomic E-state index is 0.584. The lowest BCUT2D eigenvalue weighted by molar-refractivity contribution is 0.232. The summed E-state index contributed by atoms with van der Waals surface area (Å²) in [6.07, 6.45) is 7.59. The normalized spacial score (nSPS) is 12.5. The van der Waals surface area contributed by atoms with E-state index in [2.05, 4.69) is 86.5 Å². The second-order valence-corrected chi connectivity index (χ2v) is 11.2. The van der Waals surface area contributed by atoms with Crippen LogP contribution in [0.1, 0.15) is 93.9 Å². The molecule has 0 aromatic carbocycles. The average molecular weight is 485 g/mol. The van der Waals surface area contributed by atoms with Crippen molar-refractivity contribution < 1.29 is 0 Å². The molecule has 0 aliphatic rings. The van der Waals surface area contributed by atoms with Crippen molar-refractivity contribution in [2.75, 3.05) is 65.4 Å².